The highest BCUT2D eigenvalue weighted by atomic mass is 19.1. The van der Waals surface area contributed by atoms with Crippen molar-refractivity contribution >= 4 is 13.5 Å². The summed E-state index contributed by atoms with van der Waals surface area (Å²) in [6.45, 7) is 0. The van der Waals surface area contributed by atoms with E-state index in [0.717, 1.165) is 6.07 Å². The van der Waals surface area contributed by atoms with Gasteiger partial charge in [-0.05, 0) is 5.56 Å². The Morgan fingerprint density at radius 2 is 2.25 bits per heavy atom. The van der Waals surface area contributed by atoms with E-state index < -0.39 is 16.4 Å². The number of hydrogen-bond acceptors (Lipinski definition) is 2. The van der Waals surface area contributed by atoms with Crippen LogP contribution in [-0.4, -0.2) is 12.8 Å². The fourth-order valence-electron chi connectivity index (χ4n) is 0.865. The van der Waals surface area contributed by atoms with Crippen molar-refractivity contribution in [1.29, 1.82) is 0 Å². The van der Waals surface area contributed by atoms with Gasteiger partial charge in [0.1, 0.15) is 0 Å². The van der Waals surface area contributed by atoms with Gasteiger partial charge >= 0.3 is 5.69 Å². The number of nitro benzene ring substituents is 1. The van der Waals surface area contributed by atoms with Gasteiger partial charge in [0.05, 0.1) is 12.8 Å². The van der Waals surface area contributed by atoms with Crippen LogP contribution in [0.25, 0.3) is 0 Å². The predicted molar refractivity (Wildman–Crippen MR) is 42.5 cm³/mol. The maximum Gasteiger partial charge on any atom is 0.305 e. The molecule has 0 N–H and O–H groups in total. The fraction of sp³-hybridized carbons (Fsp3) is 0.143. The molecule has 0 saturated heterocycles. The normalized spacial score (nSPS) is 9.75. The molecule has 0 amide bonds. The highest BCUT2D eigenvalue weighted by molar-refractivity contribution is 6.08. The largest absolute Gasteiger partial charge is 0.305 e. The van der Waals surface area contributed by atoms with E-state index in [1.807, 2.05) is 0 Å². The number of halogens is 1. The first kappa shape index (κ1) is 8.71. The van der Waals surface area contributed by atoms with E-state index in [0.29, 0.717) is 0 Å². The molecule has 0 heterocycles. The Morgan fingerprint density at radius 1 is 1.58 bits per heavy atom. The summed E-state index contributed by atoms with van der Waals surface area (Å²) in [6, 6.07) is 3.93. The Bertz CT molecular complexity index is 316. The molecule has 0 spiro atoms. The maximum atomic E-state index is 13.0. The standard InChI is InChI=1S/C7H5BFNO2/c8-4-5-2-1-3-6(7(5)9)10(11)12/h1-3H,4H2. The van der Waals surface area contributed by atoms with Gasteiger partial charge in [0.15, 0.2) is 0 Å². The molecule has 0 fully saturated rings. The van der Waals surface area contributed by atoms with Gasteiger partial charge in [-0.2, -0.15) is 4.39 Å². The second-order valence-corrected chi connectivity index (χ2v) is 2.21. The van der Waals surface area contributed by atoms with E-state index in [9.17, 15) is 14.5 Å². The third-order valence-electron chi connectivity index (χ3n) is 1.47. The molecule has 0 aromatic heterocycles. The molecule has 5 heteroatoms. The Hall–Kier alpha value is -1.39. The first-order chi connectivity index (χ1) is 5.66. The lowest BCUT2D eigenvalue weighted by Gasteiger charge is -1.98. The van der Waals surface area contributed by atoms with Gasteiger partial charge in [-0.3, -0.25) is 10.1 Å². The van der Waals surface area contributed by atoms with Crippen molar-refractivity contribution in [3.63, 3.8) is 0 Å². The van der Waals surface area contributed by atoms with Crippen LogP contribution < -0.4 is 0 Å². The molecular formula is C7H5BFNO2. The molecule has 0 bridgehead atoms. The fourth-order valence-corrected chi connectivity index (χ4v) is 0.865. The zero-order valence-corrected chi connectivity index (χ0v) is 6.16. The van der Waals surface area contributed by atoms with Crippen LogP contribution in [0.3, 0.4) is 0 Å². The first-order valence-corrected chi connectivity index (χ1v) is 3.28. The molecule has 0 saturated carbocycles. The lowest BCUT2D eigenvalue weighted by Crippen LogP contribution is -1.97. The summed E-state index contributed by atoms with van der Waals surface area (Å²) in [7, 11) is 5.16. The highest BCUT2D eigenvalue weighted by Crippen LogP contribution is 2.19. The van der Waals surface area contributed by atoms with Crippen LogP contribution in [0.1, 0.15) is 5.56 Å². The van der Waals surface area contributed by atoms with Crippen molar-refractivity contribution < 1.29 is 9.31 Å². The highest BCUT2D eigenvalue weighted by Gasteiger charge is 2.15. The quantitative estimate of drug-likeness (QED) is 0.377. The van der Waals surface area contributed by atoms with Gasteiger partial charge in [0, 0.05) is 6.07 Å². The summed E-state index contributed by atoms with van der Waals surface area (Å²) in [5.41, 5.74) is -0.373. The van der Waals surface area contributed by atoms with Gasteiger partial charge in [0.2, 0.25) is 5.82 Å². The van der Waals surface area contributed by atoms with Gasteiger partial charge < -0.3 is 0 Å². The van der Waals surface area contributed by atoms with Crippen molar-refractivity contribution in [1.82, 2.24) is 0 Å². The molecule has 0 atom stereocenters. The van der Waals surface area contributed by atoms with Crippen LogP contribution in [0.2, 0.25) is 0 Å². The molecule has 60 valence electrons. The summed E-state index contributed by atoms with van der Waals surface area (Å²) in [4.78, 5) is 9.45. The summed E-state index contributed by atoms with van der Waals surface area (Å²) < 4.78 is 13.0. The van der Waals surface area contributed by atoms with Crippen molar-refractivity contribution in [3.8, 4) is 0 Å². The molecule has 2 radical (unpaired) electrons. The smallest absolute Gasteiger partial charge is 0.258 e. The molecule has 0 aliphatic carbocycles. The SMILES string of the molecule is [B]Cc1cccc([N+](=O)[O-])c1F. The maximum absolute atomic E-state index is 13.0. The zero-order valence-electron chi connectivity index (χ0n) is 6.16. The topological polar surface area (TPSA) is 43.1 Å². The van der Waals surface area contributed by atoms with Crippen molar-refractivity contribution in [2.75, 3.05) is 0 Å². The minimum atomic E-state index is -0.843. The molecule has 1 aromatic rings. The van der Waals surface area contributed by atoms with Gasteiger partial charge in [0.25, 0.3) is 0 Å². The lowest BCUT2D eigenvalue weighted by molar-refractivity contribution is -0.387. The third-order valence-corrected chi connectivity index (χ3v) is 1.47. The third kappa shape index (κ3) is 1.44. The second-order valence-electron chi connectivity index (χ2n) is 2.21. The molecule has 1 aromatic carbocycles. The molecule has 1 rings (SSSR count). The number of nitro groups is 1. The van der Waals surface area contributed by atoms with E-state index in [2.05, 4.69) is 0 Å². The van der Waals surface area contributed by atoms with Gasteiger partial charge in [-0.1, -0.05) is 18.5 Å². The van der Waals surface area contributed by atoms with Crippen LogP contribution >= 0.6 is 0 Å². The molecule has 0 aliphatic rings. The van der Waals surface area contributed by atoms with Crippen molar-refractivity contribution in [3.05, 3.63) is 39.7 Å². The minimum Gasteiger partial charge on any atom is -0.258 e. The monoisotopic (exact) mass is 165 g/mol. The van der Waals surface area contributed by atoms with Gasteiger partial charge in [-0.15, -0.1) is 0 Å². The van der Waals surface area contributed by atoms with E-state index >= 15 is 0 Å². The zero-order chi connectivity index (χ0) is 9.14. The van der Waals surface area contributed by atoms with Gasteiger partial charge in [-0.25, -0.2) is 0 Å². The lowest BCUT2D eigenvalue weighted by atomic mass is 9.96. The summed E-state index contributed by atoms with van der Waals surface area (Å²) in [5.74, 6) is -0.843. The Labute approximate surface area is 69.8 Å². The number of benzene rings is 1. The van der Waals surface area contributed by atoms with Crippen molar-refractivity contribution in [2.45, 2.75) is 6.32 Å². The average molecular weight is 165 g/mol. The Balaban J connectivity index is 3.23. The van der Waals surface area contributed by atoms with Crippen LogP contribution in [0.5, 0.6) is 0 Å². The van der Waals surface area contributed by atoms with Crippen molar-refractivity contribution in [2.24, 2.45) is 0 Å². The molecular weight excluding hydrogens is 160 g/mol. The molecule has 12 heavy (non-hydrogen) atoms. The van der Waals surface area contributed by atoms with E-state index in [-0.39, 0.29) is 11.9 Å². The van der Waals surface area contributed by atoms with E-state index in [1.165, 1.54) is 12.1 Å². The van der Waals surface area contributed by atoms with E-state index in [4.69, 9.17) is 7.85 Å². The average Bonchev–Trinajstić information content (AvgIpc) is 2.04. The number of rotatable bonds is 2. The Kier molecular flexibility index (Phi) is 2.42. The second kappa shape index (κ2) is 3.34. The molecule has 0 aliphatic heterocycles. The van der Waals surface area contributed by atoms with E-state index in [1.54, 1.807) is 0 Å². The summed E-state index contributed by atoms with van der Waals surface area (Å²) >= 11 is 0. The van der Waals surface area contributed by atoms with Crippen LogP contribution in [0.4, 0.5) is 10.1 Å². The predicted octanol–water partition coefficient (Wildman–Crippen LogP) is 1.40. The van der Waals surface area contributed by atoms with Crippen LogP contribution in [0.15, 0.2) is 18.2 Å². The van der Waals surface area contributed by atoms with Crippen LogP contribution in [0, 0.1) is 15.9 Å². The first-order valence-electron chi connectivity index (χ1n) is 3.28. The number of hydrogen-bond donors (Lipinski definition) is 0. The molecule has 3 nitrogen and oxygen atoms in total. The minimum absolute atomic E-state index is 0.0342. The number of nitrogens with zero attached hydrogens (tertiary/aromatic N) is 1. The Morgan fingerprint density at radius 3 is 2.75 bits per heavy atom. The summed E-state index contributed by atoms with van der Waals surface area (Å²) in [5, 5.41) is 10.2. The molecule has 0 unspecified atom stereocenters. The van der Waals surface area contributed by atoms with Crippen LogP contribution in [-0.2, 0) is 6.32 Å². The summed E-state index contributed by atoms with van der Waals surface area (Å²) in [6.07, 6.45) is -0.0342.